The number of ether oxygens (including phenoxy) is 7. The molecule has 1 amide bonds. The van der Waals surface area contributed by atoms with Crippen molar-refractivity contribution in [1.29, 1.82) is 5.26 Å². The summed E-state index contributed by atoms with van der Waals surface area (Å²) in [6.45, 7) is 16.3. The molecule has 0 bridgehead atoms. The average Bonchev–Trinajstić information content (AvgIpc) is 3.39. The van der Waals surface area contributed by atoms with E-state index in [-0.39, 0.29) is 55.9 Å². The third kappa shape index (κ3) is 14.1. The topological polar surface area (TPSA) is 249 Å². The predicted octanol–water partition coefficient (Wildman–Crippen LogP) is 5.35. The van der Waals surface area contributed by atoms with Crippen LogP contribution in [0.3, 0.4) is 0 Å². The number of ketones is 1. The quantitative estimate of drug-likeness (QED) is 0.133. The summed E-state index contributed by atoms with van der Waals surface area (Å²) in [7, 11) is 4.87. The van der Waals surface area contributed by atoms with Crippen LogP contribution >= 0.6 is 0 Å². The first-order valence-electron chi connectivity index (χ1n) is 26.0. The summed E-state index contributed by atoms with van der Waals surface area (Å²) >= 11 is 0. The minimum absolute atomic E-state index is 0.00954. The lowest BCUT2D eigenvalue weighted by atomic mass is 9.74. The Hall–Kier alpha value is -4.04. The van der Waals surface area contributed by atoms with Crippen molar-refractivity contribution >= 4 is 17.7 Å². The number of pyridine rings is 1. The number of nitrogens with one attached hydrogen (secondary N) is 1. The van der Waals surface area contributed by atoms with Crippen LogP contribution in [0.5, 0.6) is 0 Å². The van der Waals surface area contributed by atoms with Gasteiger partial charge in [-0.05, 0) is 91.1 Å². The normalized spacial score (nSPS) is 37.5. The van der Waals surface area contributed by atoms with Crippen molar-refractivity contribution in [2.24, 2.45) is 23.7 Å². The van der Waals surface area contributed by atoms with Gasteiger partial charge in [0.1, 0.15) is 48.1 Å². The smallest absolute Gasteiger partial charge is 0.311 e. The van der Waals surface area contributed by atoms with E-state index in [2.05, 4.69) is 10.3 Å². The van der Waals surface area contributed by atoms with Gasteiger partial charge in [-0.3, -0.25) is 14.4 Å². The number of methoxy groups -OCH3 is 2. The first kappa shape index (κ1) is 60.8. The van der Waals surface area contributed by atoms with Gasteiger partial charge in [0, 0.05) is 75.6 Å². The predicted molar refractivity (Wildman–Crippen MR) is 270 cm³/mol. The highest BCUT2D eigenvalue weighted by Gasteiger charge is 2.53. The Kier molecular flexibility index (Phi) is 21.3. The number of alkyl halides is 1. The number of halogens is 1. The highest BCUT2D eigenvalue weighted by molar-refractivity contribution is 5.83. The van der Waals surface area contributed by atoms with Gasteiger partial charge in [-0.2, -0.15) is 5.26 Å². The van der Waals surface area contributed by atoms with Crippen LogP contribution in [0.4, 0.5) is 4.39 Å². The second-order valence-corrected chi connectivity index (χ2v) is 21.7. The number of nitriles is 1. The number of aliphatic hydroxyl groups is 4. The summed E-state index contributed by atoms with van der Waals surface area (Å²) in [4.78, 5) is 48.2. The summed E-state index contributed by atoms with van der Waals surface area (Å²) < 4.78 is 59.3. The van der Waals surface area contributed by atoms with Crippen LogP contribution < -0.4 is 5.32 Å². The van der Waals surface area contributed by atoms with Crippen molar-refractivity contribution < 1.29 is 72.4 Å². The van der Waals surface area contributed by atoms with Crippen LogP contribution in [0, 0.1) is 35.0 Å². The molecule has 3 aliphatic rings. The molecule has 4 heterocycles. The summed E-state index contributed by atoms with van der Waals surface area (Å²) in [6.07, 6.45) is -7.30. The number of carbonyl (C=O) groups excluding carboxylic acids is 3. The fourth-order valence-corrected chi connectivity index (χ4v) is 11.1. The lowest BCUT2D eigenvalue weighted by Crippen LogP contribution is -2.60. The van der Waals surface area contributed by atoms with E-state index in [0.29, 0.717) is 18.4 Å². The zero-order chi connectivity index (χ0) is 55.0. The molecule has 19 atom stereocenters. The number of esters is 1. The molecule has 18 nitrogen and oxygen atoms in total. The van der Waals surface area contributed by atoms with Gasteiger partial charge in [0.25, 0.3) is 0 Å². The third-order valence-electron chi connectivity index (χ3n) is 16.1. The second kappa shape index (κ2) is 25.9. The van der Waals surface area contributed by atoms with Crippen LogP contribution in [0.15, 0.2) is 42.6 Å². The Morgan fingerprint density at radius 2 is 1.57 bits per heavy atom. The van der Waals surface area contributed by atoms with Crippen LogP contribution in [0.2, 0.25) is 0 Å². The number of carbonyl (C=O) groups is 3. The monoisotopic (exact) mass is 1040 g/mol. The first-order chi connectivity index (χ1) is 34.8. The molecule has 3 aliphatic heterocycles. The molecule has 0 unspecified atom stereocenters. The van der Waals surface area contributed by atoms with Gasteiger partial charge in [-0.1, -0.05) is 52.0 Å². The number of cyclic esters (lactones) is 1. The number of nitrogens with zero attached hydrogens (tertiary/aromatic N) is 3. The fourth-order valence-electron chi connectivity index (χ4n) is 11.1. The Bertz CT molecular complexity index is 2200. The van der Waals surface area contributed by atoms with E-state index in [0.717, 1.165) is 11.1 Å². The van der Waals surface area contributed by atoms with Crippen LogP contribution in [0.25, 0.3) is 11.1 Å². The van der Waals surface area contributed by atoms with E-state index < -0.39 is 120 Å². The number of aromatic nitrogens is 1. The molecule has 3 saturated heterocycles. The molecule has 1 aromatic heterocycles. The number of amides is 1. The van der Waals surface area contributed by atoms with E-state index in [1.165, 1.54) is 21.1 Å². The van der Waals surface area contributed by atoms with Crippen LogP contribution in [0.1, 0.15) is 125 Å². The van der Waals surface area contributed by atoms with Gasteiger partial charge in [0.05, 0.1) is 53.7 Å². The molecule has 5 N–H and O–H groups in total. The average molecular weight is 1040 g/mol. The van der Waals surface area contributed by atoms with Crippen LogP contribution in [-0.2, 0) is 47.5 Å². The molecule has 0 spiro atoms. The number of aliphatic hydroxyl groups excluding tert-OH is 3. The van der Waals surface area contributed by atoms with Gasteiger partial charge in [0.15, 0.2) is 12.6 Å². The van der Waals surface area contributed by atoms with Crippen molar-refractivity contribution in [2.45, 2.75) is 198 Å². The van der Waals surface area contributed by atoms with Crippen molar-refractivity contribution in [3.05, 3.63) is 53.9 Å². The maximum atomic E-state index is 14.5. The molecule has 3 fully saturated rings. The summed E-state index contributed by atoms with van der Waals surface area (Å²) in [5.41, 5.74) is -2.13. The molecule has 0 saturated carbocycles. The molecule has 0 radical (unpaired) electrons. The molecule has 74 heavy (non-hydrogen) atoms. The van der Waals surface area contributed by atoms with Gasteiger partial charge >= 0.3 is 5.97 Å². The summed E-state index contributed by atoms with van der Waals surface area (Å²) in [6, 6.07) is 10.8. The number of hydrogen-bond acceptors (Lipinski definition) is 17. The zero-order valence-electron chi connectivity index (χ0n) is 45.5. The Labute approximate surface area is 436 Å². The molecule has 1 aromatic carbocycles. The van der Waals surface area contributed by atoms with E-state index in [9.17, 15) is 39.2 Å². The number of benzene rings is 1. The van der Waals surface area contributed by atoms with Crippen molar-refractivity contribution in [1.82, 2.24) is 15.2 Å². The Morgan fingerprint density at radius 3 is 2.15 bits per heavy atom. The fraction of sp³-hybridized carbons (Fsp3) is 0.727. The number of rotatable bonds is 16. The molecule has 5 rings (SSSR count). The van der Waals surface area contributed by atoms with E-state index in [4.69, 9.17) is 38.4 Å². The molecule has 414 valence electrons. The van der Waals surface area contributed by atoms with Crippen molar-refractivity contribution in [3.8, 4) is 17.2 Å². The summed E-state index contributed by atoms with van der Waals surface area (Å²) in [5.74, 6) is -5.13. The van der Waals surface area contributed by atoms with Gasteiger partial charge in [0.2, 0.25) is 5.91 Å². The lowest BCUT2D eigenvalue weighted by Gasteiger charge is -2.49. The molecular formula is C55H83FN4O14. The van der Waals surface area contributed by atoms with Crippen LogP contribution in [-0.4, -0.2) is 167 Å². The summed E-state index contributed by atoms with van der Waals surface area (Å²) in [5, 5.41) is 57.4. The number of Topliss-reactive ketones (excluding diaryl/α,β-unsaturated/α-hetero) is 1. The molecule has 19 heteroatoms. The van der Waals surface area contributed by atoms with E-state index in [1.54, 1.807) is 84.1 Å². The van der Waals surface area contributed by atoms with Gasteiger partial charge in [-0.15, -0.1) is 0 Å². The SMILES string of the molecule is CC[C@H]1OC(=O)[C@H](C)[C@@H](O[C@H]2C[C@@](C)(OC)[C@@H](O)[C@H](C)O2)[C@H](C)[C@@H](O[C@H]2C[C@@H](N(C)CCC(=O)N[C@H](CF)[C@H](O)c3ccc(-c4ccc(C#N)nc4)cc3)C[C@@H](C)O2)[C@](C)(OC)C[C@@H](C)C(=O)[C@H](C)[C@@H](O)[C@]1(C)O. The maximum Gasteiger partial charge on any atom is 0.311 e. The molecular weight excluding hydrogens is 960 g/mol. The van der Waals surface area contributed by atoms with E-state index in [1.807, 2.05) is 38.8 Å². The van der Waals surface area contributed by atoms with Crippen molar-refractivity contribution in [3.63, 3.8) is 0 Å². The van der Waals surface area contributed by atoms with E-state index >= 15 is 0 Å². The first-order valence-corrected chi connectivity index (χ1v) is 26.0. The highest BCUT2D eigenvalue weighted by atomic mass is 19.1. The molecule has 2 aromatic rings. The lowest BCUT2D eigenvalue weighted by molar-refractivity contribution is -0.309. The second-order valence-electron chi connectivity index (χ2n) is 21.7. The zero-order valence-corrected chi connectivity index (χ0v) is 45.5. The van der Waals surface area contributed by atoms with Gasteiger partial charge < -0.3 is 63.8 Å². The standard InChI is InChI=1S/C55H83FN4O14/c1-14-42-55(10,67)49(64)32(4)46(62)30(2)25-54(9,69-13)51(33(5)48(34(6)52(66)72-42)73-45-26-53(8,68-12)50(65)35(7)71-45)74-44-24-40(23-31(3)70-44)60(11)22-21-43(61)59-41(27-56)47(63)37-17-15-36(16-18-37)38-19-20-39(28-57)58-29-38/h15-20,29-35,40-42,44-45,47-51,63-65,67H,14,21-27H2,1-13H3,(H,59,61)/t30-,31-,32+,33+,34-,35+,40+,41-,42-,44+,45+,47-,48+,49-,50+,51-,53-,54-,55-/m1/s1. The number of hydrogen-bond donors (Lipinski definition) is 5. The Balaban J connectivity index is 1.38. The van der Waals surface area contributed by atoms with Gasteiger partial charge in [-0.25, -0.2) is 9.37 Å². The van der Waals surface area contributed by atoms with Crippen molar-refractivity contribution in [2.75, 3.05) is 34.5 Å². The minimum Gasteiger partial charge on any atom is -0.459 e. The minimum atomic E-state index is -2.01. The third-order valence-corrected chi connectivity index (χ3v) is 16.1. The largest absolute Gasteiger partial charge is 0.459 e. The maximum absolute atomic E-state index is 14.5. The highest BCUT2D eigenvalue weighted by Crippen LogP contribution is 2.42. The Morgan fingerprint density at radius 1 is 0.919 bits per heavy atom. The molecule has 0 aliphatic carbocycles.